The molecule has 1 aromatic rings. The van der Waals surface area contributed by atoms with E-state index in [2.05, 4.69) is 22.3 Å². The fraction of sp³-hybridized carbons (Fsp3) is 0.625. The third-order valence-electron chi connectivity index (χ3n) is 3.43. The van der Waals surface area contributed by atoms with Crippen LogP contribution in [0.25, 0.3) is 0 Å². The third-order valence-corrected chi connectivity index (χ3v) is 3.43. The first-order chi connectivity index (χ1) is 9.24. The van der Waals surface area contributed by atoms with Crippen LogP contribution in [-0.2, 0) is 0 Å². The molecule has 19 heavy (non-hydrogen) atoms. The molecular formula is C16H26N2O. The Morgan fingerprint density at radius 3 is 2.42 bits per heavy atom. The van der Waals surface area contributed by atoms with Crippen LogP contribution in [-0.4, -0.2) is 37.2 Å². The van der Waals surface area contributed by atoms with Crippen molar-refractivity contribution in [2.75, 3.05) is 31.5 Å². The highest BCUT2D eigenvalue weighted by Gasteiger charge is 2.08. The summed E-state index contributed by atoms with van der Waals surface area (Å²) in [6.45, 7) is 8.79. The van der Waals surface area contributed by atoms with E-state index in [0.29, 0.717) is 0 Å². The van der Waals surface area contributed by atoms with Crippen LogP contribution in [0.15, 0.2) is 24.3 Å². The zero-order chi connectivity index (χ0) is 13.5. The van der Waals surface area contributed by atoms with Gasteiger partial charge in [0.15, 0.2) is 0 Å². The molecular weight excluding hydrogens is 236 g/mol. The Kier molecular flexibility index (Phi) is 5.52. The molecule has 0 aromatic heterocycles. The predicted octanol–water partition coefficient (Wildman–Crippen LogP) is 3.37. The lowest BCUT2D eigenvalue weighted by Gasteiger charge is -2.26. The molecule has 1 N–H and O–H groups in total. The second-order valence-electron chi connectivity index (χ2n) is 5.52. The fourth-order valence-electron chi connectivity index (χ4n) is 2.46. The van der Waals surface area contributed by atoms with Crippen molar-refractivity contribution in [2.24, 2.45) is 0 Å². The molecule has 1 saturated heterocycles. The van der Waals surface area contributed by atoms with Crippen molar-refractivity contribution in [2.45, 2.75) is 39.2 Å². The summed E-state index contributed by atoms with van der Waals surface area (Å²) in [6.07, 6.45) is 4.36. The summed E-state index contributed by atoms with van der Waals surface area (Å²) in [7, 11) is 0. The molecule has 1 aliphatic heterocycles. The lowest BCUT2D eigenvalue weighted by molar-refractivity contribution is 0.237. The molecule has 0 bridgehead atoms. The van der Waals surface area contributed by atoms with Crippen LogP contribution in [0.4, 0.5) is 5.69 Å². The van der Waals surface area contributed by atoms with Gasteiger partial charge in [-0.3, -0.25) is 0 Å². The van der Waals surface area contributed by atoms with Gasteiger partial charge in [-0.25, -0.2) is 0 Å². The number of anilines is 1. The summed E-state index contributed by atoms with van der Waals surface area (Å²) < 4.78 is 5.63. The van der Waals surface area contributed by atoms with Crippen LogP contribution in [0.3, 0.4) is 0 Å². The Balaban J connectivity index is 1.70. The monoisotopic (exact) mass is 262 g/mol. The minimum absolute atomic E-state index is 0.234. The van der Waals surface area contributed by atoms with Crippen LogP contribution in [0.2, 0.25) is 0 Å². The molecule has 0 amide bonds. The molecule has 0 unspecified atom stereocenters. The Hall–Kier alpha value is -1.22. The smallest absolute Gasteiger partial charge is 0.119 e. The van der Waals surface area contributed by atoms with Gasteiger partial charge in [-0.15, -0.1) is 0 Å². The molecule has 3 nitrogen and oxygen atoms in total. The van der Waals surface area contributed by atoms with Crippen LogP contribution < -0.4 is 10.1 Å². The summed E-state index contributed by atoms with van der Waals surface area (Å²) >= 11 is 0. The van der Waals surface area contributed by atoms with Crippen LogP contribution in [0.1, 0.15) is 33.1 Å². The van der Waals surface area contributed by atoms with Gasteiger partial charge in [0.2, 0.25) is 0 Å². The molecule has 0 saturated carbocycles. The standard InChI is InChI=1S/C16H26N2O/c1-14(2)19-16-8-6-15(7-9-16)17-10-13-18-11-4-3-5-12-18/h6-9,14,17H,3-5,10-13H2,1-2H3. The van der Waals surface area contributed by atoms with Crippen LogP contribution >= 0.6 is 0 Å². The predicted molar refractivity (Wildman–Crippen MR) is 81.0 cm³/mol. The van der Waals surface area contributed by atoms with Crippen LogP contribution in [0, 0.1) is 0 Å². The van der Waals surface area contributed by atoms with Crippen molar-refractivity contribution >= 4 is 5.69 Å². The molecule has 0 radical (unpaired) electrons. The normalized spacial score (nSPS) is 16.6. The number of benzene rings is 1. The zero-order valence-electron chi connectivity index (χ0n) is 12.2. The van der Waals surface area contributed by atoms with Gasteiger partial charge < -0.3 is 15.0 Å². The van der Waals surface area contributed by atoms with Crippen molar-refractivity contribution in [1.29, 1.82) is 0 Å². The first-order valence-electron chi connectivity index (χ1n) is 7.47. The van der Waals surface area contributed by atoms with E-state index in [0.717, 1.165) is 18.8 Å². The van der Waals surface area contributed by atoms with E-state index in [-0.39, 0.29) is 6.10 Å². The molecule has 1 fully saturated rings. The average molecular weight is 262 g/mol. The zero-order valence-corrected chi connectivity index (χ0v) is 12.2. The molecule has 1 aromatic carbocycles. The van der Waals surface area contributed by atoms with Crippen LogP contribution in [0.5, 0.6) is 5.75 Å². The van der Waals surface area contributed by atoms with Gasteiger partial charge in [-0.05, 0) is 64.0 Å². The van der Waals surface area contributed by atoms with Gasteiger partial charge in [0.05, 0.1) is 6.10 Å². The number of hydrogen-bond donors (Lipinski definition) is 1. The molecule has 0 spiro atoms. The summed E-state index contributed by atoms with van der Waals surface area (Å²) in [5, 5.41) is 3.48. The second kappa shape index (κ2) is 7.39. The quantitative estimate of drug-likeness (QED) is 0.850. The molecule has 0 atom stereocenters. The summed E-state index contributed by atoms with van der Waals surface area (Å²) in [4.78, 5) is 2.55. The fourth-order valence-corrected chi connectivity index (χ4v) is 2.46. The van der Waals surface area contributed by atoms with Gasteiger partial charge in [0.1, 0.15) is 5.75 Å². The van der Waals surface area contributed by atoms with E-state index < -0.39 is 0 Å². The van der Waals surface area contributed by atoms with Crippen molar-refractivity contribution in [3.05, 3.63) is 24.3 Å². The molecule has 106 valence electrons. The van der Waals surface area contributed by atoms with Crippen molar-refractivity contribution in [3.8, 4) is 5.75 Å². The van der Waals surface area contributed by atoms with Gasteiger partial charge in [0.25, 0.3) is 0 Å². The molecule has 2 rings (SSSR count). The number of likely N-dealkylation sites (tertiary alicyclic amines) is 1. The maximum absolute atomic E-state index is 5.63. The first-order valence-corrected chi connectivity index (χ1v) is 7.47. The van der Waals surface area contributed by atoms with Gasteiger partial charge in [0, 0.05) is 18.8 Å². The van der Waals surface area contributed by atoms with E-state index in [1.807, 2.05) is 26.0 Å². The van der Waals surface area contributed by atoms with Gasteiger partial charge >= 0.3 is 0 Å². The second-order valence-corrected chi connectivity index (χ2v) is 5.52. The number of hydrogen-bond acceptors (Lipinski definition) is 3. The highest BCUT2D eigenvalue weighted by Crippen LogP contribution is 2.16. The largest absolute Gasteiger partial charge is 0.491 e. The Morgan fingerprint density at radius 1 is 1.11 bits per heavy atom. The third kappa shape index (κ3) is 5.11. The number of ether oxygens (including phenoxy) is 1. The number of rotatable bonds is 6. The number of nitrogens with one attached hydrogen (secondary N) is 1. The minimum Gasteiger partial charge on any atom is -0.491 e. The topological polar surface area (TPSA) is 24.5 Å². The van der Waals surface area contributed by atoms with E-state index in [1.54, 1.807) is 0 Å². The lowest BCUT2D eigenvalue weighted by Crippen LogP contribution is -2.33. The highest BCUT2D eigenvalue weighted by atomic mass is 16.5. The Bertz CT molecular complexity index is 356. The number of nitrogens with zero attached hydrogens (tertiary/aromatic N) is 1. The van der Waals surface area contributed by atoms with E-state index >= 15 is 0 Å². The SMILES string of the molecule is CC(C)Oc1ccc(NCCN2CCCCC2)cc1. The van der Waals surface area contributed by atoms with Gasteiger partial charge in [-0.2, -0.15) is 0 Å². The van der Waals surface area contributed by atoms with Crippen molar-refractivity contribution in [1.82, 2.24) is 4.90 Å². The van der Waals surface area contributed by atoms with E-state index in [1.165, 1.54) is 38.0 Å². The Morgan fingerprint density at radius 2 is 1.79 bits per heavy atom. The Labute approximate surface area is 116 Å². The maximum atomic E-state index is 5.63. The minimum atomic E-state index is 0.234. The molecule has 1 heterocycles. The van der Waals surface area contributed by atoms with E-state index in [4.69, 9.17) is 4.74 Å². The molecule has 0 aliphatic carbocycles. The first kappa shape index (κ1) is 14.2. The summed E-state index contributed by atoms with van der Waals surface area (Å²) in [5.74, 6) is 0.941. The number of piperidine rings is 1. The summed E-state index contributed by atoms with van der Waals surface area (Å²) in [6, 6.07) is 8.24. The van der Waals surface area contributed by atoms with Gasteiger partial charge in [-0.1, -0.05) is 6.42 Å². The highest BCUT2D eigenvalue weighted by molar-refractivity contribution is 5.46. The van der Waals surface area contributed by atoms with E-state index in [9.17, 15) is 0 Å². The summed E-state index contributed by atoms with van der Waals surface area (Å²) in [5.41, 5.74) is 1.17. The molecule has 1 aliphatic rings. The average Bonchev–Trinajstić information content (AvgIpc) is 2.41. The maximum Gasteiger partial charge on any atom is 0.119 e. The molecule has 3 heteroatoms. The lowest BCUT2D eigenvalue weighted by atomic mass is 10.1. The van der Waals surface area contributed by atoms with Crippen molar-refractivity contribution in [3.63, 3.8) is 0 Å². The van der Waals surface area contributed by atoms with Crippen molar-refractivity contribution < 1.29 is 4.74 Å².